The lowest BCUT2D eigenvalue weighted by atomic mass is 10.0. The molecule has 0 bridgehead atoms. The van der Waals surface area contributed by atoms with Gasteiger partial charge in [-0.2, -0.15) is 5.26 Å². The van der Waals surface area contributed by atoms with E-state index in [4.69, 9.17) is 5.26 Å². The van der Waals surface area contributed by atoms with Gasteiger partial charge in [0.15, 0.2) is 0 Å². The van der Waals surface area contributed by atoms with Crippen molar-refractivity contribution in [2.75, 3.05) is 0 Å². The second kappa shape index (κ2) is 4.94. The maximum Gasteiger partial charge on any atom is 0.150 e. The molecule has 0 N–H and O–H groups in total. The number of halogens is 1. The molecule has 2 rings (SSSR count). The van der Waals surface area contributed by atoms with E-state index in [1.165, 1.54) is 0 Å². The summed E-state index contributed by atoms with van der Waals surface area (Å²) in [6.07, 6.45) is 0.811. The van der Waals surface area contributed by atoms with E-state index in [1.807, 2.05) is 24.3 Å². The topological polar surface area (TPSA) is 40.9 Å². The molecule has 0 aliphatic rings. The molecule has 2 aromatic rings. The zero-order valence-electron chi connectivity index (χ0n) is 8.85. The third-order valence-electron chi connectivity index (χ3n) is 2.41. The molecule has 0 heterocycles. The minimum atomic E-state index is 0.605. The van der Waals surface area contributed by atoms with Gasteiger partial charge in [-0.15, -0.1) is 0 Å². The smallest absolute Gasteiger partial charge is 0.150 e. The van der Waals surface area contributed by atoms with Crippen molar-refractivity contribution in [3.8, 4) is 17.2 Å². The lowest BCUT2D eigenvalue weighted by molar-refractivity contribution is 0.112. The standard InChI is InChI=1S/C14H8BrNO/c15-14-6-11(8-16)5-13(7-14)12-3-1-10(9-17)2-4-12/h1-7,9H. The van der Waals surface area contributed by atoms with E-state index < -0.39 is 0 Å². The van der Waals surface area contributed by atoms with Gasteiger partial charge in [-0.3, -0.25) is 4.79 Å². The summed E-state index contributed by atoms with van der Waals surface area (Å²) >= 11 is 3.37. The Kier molecular flexibility index (Phi) is 3.36. The second-order valence-corrected chi connectivity index (χ2v) is 4.50. The first-order chi connectivity index (χ1) is 8.22. The van der Waals surface area contributed by atoms with Gasteiger partial charge in [-0.1, -0.05) is 40.2 Å². The van der Waals surface area contributed by atoms with Gasteiger partial charge in [0.25, 0.3) is 0 Å². The summed E-state index contributed by atoms with van der Waals surface area (Å²) in [5, 5.41) is 8.90. The Hall–Kier alpha value is -1.92. The average molecular weight is 286 g/mol. The first-order valence-electron chi connectivity index (χ1n) is 4.99. The second-order valence-electron chi connectivity index (χ2n) is 3.58. The van der Waals surface area contributed by atoms with Gasteiger partial charge < -0.3 is 0 Å². The predicted molar refractivity (Wildman–Crippen MR) is 69.7 cm³/mol. The van der Waals surface area contributed by atoms with Gasteiger partial charge in [0.1, 0.15) is 6.29 Å². The molecule has 0 aliphatic carbocycles. The van der Waals surface area contributed by atoms with Gasteiger partial charge in [-0.05, 0) is 29.3 Å². The summed E-state index contributed by atoms with van der Waals surface area (Å²) in [4.78, 5) is 10.6. The number of hydrogen-bond donors (Lipinski definition) is 0. The van der Waals surface area contributed by atoms with Crippen LogP contribution in [0.5, 0.6) is 0 Å². The molecule has 0 aliphatic heterocycles. The van der Waals surface area contributed by atoms with Gasteiger partial charge in [0.2, 0.25) is 0 Å². The van der Waals surface area contributed by atoms with Crippen LogP contribution in [-0.2, 0) is 0 Å². The molecule has 17 heavy (non-hydrogen) atoms. The summed E-state index contributed by atoms with van der Waals surface area (Å²) in [5.41, 5.74) is 3.18. The van der Waals surface area contributed by atoms with Crippen LogP contribution >= 0.6 is 15.9 Å². The van der Waals surface area contributed by atoms with Gasteiger partial charge >= 0.3 is 0 Å². The van der Waals surface area contributed by atoms with Crippen LogP contribution in [-0.4, -0.2) is 6.29 Å². The monoisotopic (exact) mass is 285 g/mol. The third kappa shape index (κ3) is 2.61. The molecule has 0 unspecified atom stereocenters. The van der Waals surface area contributed by atoms with Crippen LogP contribution in [0, 0.1) is 11.3 Å². The lowest BCUT2D eigenvalue weighted by Gasteiger charge is -2.03. The molecule has 0 saturated heterocycles. The Balaban J connectivity index is 2.48. The normalized spacial score (nSPS) is 9.65. The Bertz CT molecular complexity index is 597. The number of nitriles is 1. The number of carbonyl (C=O) groups excluding carboxylic acids is 1. The van der Waals surface area contributed by atoms with E-state index in [0.29, 0.717) is 11.1 Å². The number of nitrogens with zero attached hydrogens (tertiary/aromatic N) is 1. The van der Waals surface area contributed by atoms with E-state index in [2.05, 4.69) is 22.0 Å². The molecular formula is C14H8BrNO. The quantitative estimate of drug-likeness (QED) is 0.788. The highest BCUT2D eigenvalue weighted by Crippen LogP contribution is 2.25. The maximum atomic E-state index is 10.6. The SMILES string of the molecule is N#Cc1cc(Br)cc(-c2ccc(C=O)cc2)c1. The number of rotatable bonds is 2. The first-order valence-corrected chi connectivity index (χ1v) is 5.78. The minimum absolute atomic E-state index is 0.605. The zero-order valence-corrected chi connectivity index (χ0v) is 10.4. The largest absolute Gasteiger partial charge is 0.298 e. The Morgan fingerprint density at radius 2 is 1.76 bits per heavy atom. The molecule has 0 saturated carbocycles. The van der Waals surface area contributed by atoms with Crippen molar-refractivity contribution in [2.24, 2.45) is 0 Å². The lowest BCUT2D eigenvalue weighted by Crippen LogP contribution is -1.83. The van der Waals surface area contributed by atoms with Crippen molar-refractivity contribution in [1.82, 2.24) is 0 Å². The molecule has 0 radical (unpaired) electrons. The van der Waals surface area contributed by atoms with Crippen LogP contribution in [0.2, 0.25) is 0 Å². The Morgan fingerprint density at radius 1 is 1.06 bits per heavy atom. The van der Waals surface area contributed by atoms with Crippen molar-refractivity contribution in [3.05, 3.63) is 58.1 Å². The van der Waals surface area contributed by atoms with Crippen molar-refractivity contribution >= 4 is 22.2 Å². The fourth-order valence-electron chi connectivity index (χ4n) is 1.57. The van der Waals surface area contributed by atoms with Crippen LogP contribution in [0.1, 0.15) is 15.9 Å². The van der Waals surface area contributed by atoms with Crippen LogP contribution in [0.4, 0.5) is 0 Å². The summed E-state index contributed by atoms with van der Waals surface area (Å²) in [7, 11) is 0. The molecule has 82 valence electrons. The molecular weight excluding hydrogens is 278 g/mol. The third-order valence-corrected chi connectivity index (χ3v) is 2.86. The molecule has 0 atom stereocenters. The van der Waals surface area contributed by atoms with Crippen molar-refractivity contribution < 1.29 is 4.79 Å². The number of aldehydes is 1. The average Bonchev–Trinajstić information content (AvgIpc) is 2.38. The molecule has 0 aromatic heterocycles. The van der Waals surface area contributed by atoms with Crippen LogP contribution in [0.25, 0.3) is 11.1 Å². The van der Waals surface area contributed by atoms with E-state index >= 15 is 0 Å². The Labute approximate surface area is 108 Å². The molecule has 3 heteroatoms. The molecule has 0 amide bonds. The van der Waals surface area contributed by atoms with E-state index in [0.717, 1.165) is 21.9 Å². The van der Waals surface area contributed by atoms with Crippen molar-refractivity contribution in [3.63, 3.8) is 0 Å². The van der Waals surface area contributed by atoms with Crippen LogP contribution < -0.4 is 0 Å². The first kappa shape index (κ1) is 11.6. The van der Waals surface area contributed by atoms with E-state index in [-0.39, 0.29) is 0 Å². The van der Waals surface area contributed by atoms with Gasteiger partial charge in [0.05, 0.1) is 11.6 Å². The van der Waals surface area contributed by atoms with Crippen LogP contribution in [0.3, 0.4) is 0 Å². The summed E-state index contributed by atoms with van der Waals surface area (Å²) in [6.45, 7) is 0. The van der Waals surface area contributed by atoms with Gasteiger partial charge in [-0.25, -0.2) is 0 Å². The van der Waals surface area contributed by atoms with Gasteiger partial charge in [0, 0.05) is 10.0 Å². The molecule has 0 spiro atoms. The fraction of sp³-hybridized carbons (Fsp3) is 0. The van der Waals surface area contributed by atoms with E-state index in [1.54, 1.807) is 18.2 Å². The molecule has 2 nitrogen and oxygen atoms in total. The zero-order chi connectivity index (χ0) is 12.3. The summed E-state index contributed by atoms with van der Waals surface area (Å²) in [5.74, 6) is 0. The summed E-state index contributed by atoms with van der Waals surface area (Å²) in [6, 6.07) is 14.9. The van der Waals surface area contributed by atoms with Crippen molar-refractivity contribution in [2.45, 2.75) is 0 Å². The molecule has 0 fully saturated rings. The van der Waals surface area contributed by atoms with Crippen LogP contribution in [0.15, 0.2) is 46.9 Å². The highest BCUT2D eigenvalue weighted by molar-refractivity contribution is 9.10. The minimum Gasteiger partial charge on any atom is -0.298 e. The maximum absolute atomic E-state index is 10.6. The number of benzene rings is 2. The highest BCUT2D eigenvalue weighted by Gasteiger charge is 2.02. The fourth-order valence-corrected chi connectivity index (χ4v) is 2.07. The number of hydrogen-bond acceptors (Lipinski definition) is 2. The predicted octanol–water partition coefficient (Wildman–Crippen LogP) is 3.80. The van der Waals surface area contributed by atoms with E-state index in [9.17, 15) is 4.79 Å². The summed E-state index contributed by atoms with van der Waals surface area (Å²) < 4.78 is 0.867. The van der Waals surface area contributed by atoms with Crippen molar-refractivity contribution in [1.29, 1.82) is 5.26 Å². The highest BCUT2D eigenvalue weighted by atomic mass is 79.9. The molecule has 2 aromatic carbocycles. The Morgan fingerprint density at radius 3 is 2.35 bits per heavy atom. The number of carbonyl (C=O) groups is 1.